The maximum absolute atomic E-state index is 9.40. The van der Waals surface area contributed by atoms with E-state index in [0.29, 0.717) is 5.25 Å². The molecule has 2 aromatic heterocycles. The number of rotatable bonds is 3. The Balaban J connectivity index is 2.01. The Kier molecular flexibility index (Phi) is 2.59. The summed E-state index contributed by atoms with van der Waals surface area (Å²) in [5, 5.41) is 10.8. The zero-order valence-electron chi connectivity index (χ0n) is 8.67. The molecule has 5 heteroatoms. The summed E-state index contributed by atoms with van der Waals surface area (Å²) >= 11 is 1.69. The molecule has 1 fully saturated rings. The predicted molar refractivity (Wildman–Crippen MR) is 61.6 cm³/mol. The summed E-state index contributed by atoms with van der Waals surface area (Å²) in [5.74, 6) is 0. The van der Waals surface area contributed by atoms with Crippen LogP contribution in [-0.2, 0) is 11.3 Å². The second kappa shape index (κ2) is 4.08. The SMILES string of the molecule is OCc1c(SC2COC2)nc2ccccn12. The van der Waals surface area contributed by atoms with Crippen LogP contribution in [0.5, 0.6) is 0 Å². The van der Waals surface area contributed by atoms with Crippen LogP contribution in [0.2, 0.25) is 0 Å². The molecule has 4 nitrogen and oxygen atoms in total. The van der Waals surface area contributed by atoms with E-state index in [0.717, 1.165) is 29.6 Å². The third kappa shape index (κ3) is 1.61. The van der Waals surface area contributed by atoms with Gasteiger partial charge in [0.15, 0.2) is 0 Å². The van der Waals surface area contributed by atoms with Crippen molar-refractivity contribution in [2.75, 3.05) is 13.2 Å². The molecular weight excluding hydrogens is 224 g/mol. The van der Waals surface area contributed by atoms with E-state index >= 15 is 0 Å². The molecule has 0 atom stereocenters. The van der Waals surface area contributed by atoms with Crippen LogP contribution in [0.25, 0.3) is 5.65 Å². The fourth-order valence-electron chi connectivity index (χ4n) is 1.70. The Labute approximate surface area is 97.3 Å². The van der Waals surface area contributed by atoms with Crippen molar-refractivity contribution in [1.82, 2.24) is 9.38 Å². The number of fused-ring (bicyclic) bond motifs is 1. The van der Waals surface area contributed by atoms with Crippen LogP contribution >= 0.6 is 11.8 Å². The van der Waals surface area contributed by atoms with E-state index in [1.165, 1.54) is 0 Å². The van der Waals surface area contributed by atoms with Crippen molar-refractivity contribution in [1.29, 1.82) is 0 Å². The fourth-order valence-corrected chi connectivity index (χ4v) is 2.79. The number of aliphatic hydroxyl groups is 1. The first kappa shape index (κ1) is 10.1. The van der Waals surface area contributed by atoms with Crippen LogP contribution in [0.4, 0.5) is 0 Å². The minimum atomic E-state index is 0.0150. The van der Waals surface area contributed by atoms with Crippen LogP contribution in [0.3, 0.4) is 0 Å². The summed E-state index contributed by atoms with van der Waals surface area (Å²) in [5.41, 5.74) is 1.75. The van der Waals surface area contributed by atoms with Crippen LogP contribution in [0.1, 0.15) is 5.69 Å². The second-order valence-corrected chi connectivity index (χ2v) is 5.02. The fraction of sp³-hybridized carbons (Fsp3) is 0.364. The first-order chi connectivity index (χ1) is 7.88. The number of aliphatic hydroxyl groups excluding tert-OH is 1. The van der Waals surface area contributed by atoms with Crippen molar-refractivity contribution in [2.45, 2.75) is 16.9 Å². The number of imidazole rings is 1. The Hall–Kier alpha value is -1.04. The third-order valence-electron chi connectivity index (χ3n) is 2.63. The van der Waals surface area contributed by atoms with Crippen molar-refractivity contribution in [3.05, 3.63) is 30.1 Å². The van der Waals surface area contributed by atoms with Crippen LogP contribution < -0.4 is 0 Å². The number of pyridine rings is 1. The highest BCUT2D eigenvalue weighted by molar-refractivity contribution is 8.00. The van der Waals surface area contributed by atoms with Gasteiger partial charge in [0.1, 0.15) is 10.7 Å². The summed E-state index contributed by atoms with van der Waals surface area (Å²) in [6.45, 7) is 1.58. The Bertz CT molecular complexity index is 508. The monoisotopic (exact) mass is 236 g/mol. The molecule has 3 rings (SSSR count). The molecule has 3 heterocycles. The normalized spacial score (nSPS) is 16.6. The van der Waals surface area contributed by atoms with Gasteiger partial charge >= 0.3 is 0 Å². The van der Waals surface area contributed by atoms with Crippen molar-refractivity contribution >= 4 is 17.4 Å². The van der Waals surface area contributed by atoms with E-state index in [9.17, 15) is 5.11 Å². The average Bonchev–Trinajstić information content (AvgIpc) is 2.60. The summed E-state index contributed by atoms with van der Waals surface area (Å²) in [4.78, 5) is 4.52. The molecule has 1 aliphatic heterocycles. The van der Waals surface area contributed by atoms with Gasteiger partial charge in [-0.3, -0.25) is 0 Å². The number of hydrogen-bond acceptors (Lipinski definition) is 4. The average molecular weight is 236 g/mol. The van der Waals surface area contributed by atoms with Crippen molar-refractivity contribution in [2.24, 2.45) is 0 Å². The molecule has 0 amide bonds. The van der Waals surface area contributed by atoms with Gasteiger partial charge in [0, 0.05) is 6.20 Å². The van der Waals surface area contributed by atoms with Crippen LogP contribution in [0.15, 0.2) is 29.4 Å². The molecule has 16 heavy (non-hydrogen) atoms. The number of aromatic nitrogens is 2. The van der Waals surface area contributed by atoms with Gasteiger partial charge in [-0.1, -0.05) is 17.8 Å². The summed E-state index contributed by atoms with van der Waals surface area (Å²) in [6, 6.07) is 5.83. The van der Waals surface area contributed by atoms with Gasteiger partial charge in [0.2, 0.25) is 0 Å². The van der Waals surface area contributed by atoms with E-state index in [1.54, 1.807) is 11.8 Å². The van der Waals surface area contributed by atoms with Gasteiger partial charge in [-0.2, -0.15) is 0 Å². The van der Waals surface area contributed by atoms with Crippen molar-refractivity contribution < 1.29 is 9.84 Å². The summed E-state index contributed by atoms with van der Waals surface area (Å²) in [6.07, 6.45) is 1.93. The van der Waals surface area contributed by atoms with E-state index in [4.69, 9.17) is 4.74 Å². The zero-order chi connectivity index (χ0) is 11.0. The van der Waals surface area contributed by atoms with Crippen molar-refractivity contribution in [3.63, 3.8) is 0 Å². The quantitative estimate of drug-likeness (QED) is 0.873. The highest BCUT2D eigenvalue weighted by atomic mass is 32.2. The van der Waals surface area contributed by atoms with Gasteiger partial charge in [-0.25, -0.2) is 4.98 Å². The van der Waals surface area contributed by atoms with Gasteiger partial charge in [-0.15, -0.1) is 0 Å². The lowest BCUT2D eigenvalue weighted by molar-refractivity contribution is 0.0454. The second-order valence-electron chi connectivity index (χ2n) is 3.73. The molecular formula is C11H12N2O2S. The van der Waals surface area contributed by atoms with Gasteiger partial charge in [0.25, 0.3) is 0 Å². The zero-order valence-corrected chi connectivity index (χ0v) is 9.48. The van der Waals surface area contributed by atoms with Crippen LogP contribution in [-0.4, -0.2) is 33.0 Å². The highest BCUT2D eigenvalue weighted by Crippen LogP contribution is 2.30. The number of nitrogens with zero attached hydrogens (tertiary/aromatic N) is 2. The molecule has 1 N–H and O–H groups in total. The Morgan fingerprint density at radius 1 is 1.50 bits per heavy atom. The maximum Gasteiger partial charge on any atom is 0.138 e. The van der Waals surface area contributed by atoms with Gasteiger partial charge < -0.3 is 14.2 Å². The smallest absolute Gasteiger partial charge is 0.138 e. The lowest BCUT2D eigenvalue weighted by Gasteiger charge is -2.24. The minimum Gasteiger partial charge on any atom is -0.390 e. The first-order valence-electron chi connectivity index (χ1n) is 5.19. The molecule has 0 bridgehead atoms. The number of thioether (sulfide) groups is 1. The molecule has 0 spiro atoms. The molecule has 1 aliphatic rings. The van der Waals surface area contributed by atoms with E-state index in [-0.39, 0.29) is 6.61 Å². The predicted octanol–water partition coefficient (Wildman–Crippen LogP) is 1.32. The summed E-state index contributed by atoms with van der Waals surface area (Å²) < 4.78 is 7.07. The molecule has 0 saturated carbocycles. The van der Waals surface area contributed by atoms with E-state index in [1.807, 2.05) is 28.8 Å². The molecule has 1 saturated heterocycles. The van der Waals surface area contributed by atoms with E-state index < -0.39 is 0 Å². The standard InChI is InChI=1S/C11H12N2O2S/c14-5-9-11(16-8-6-15-7-8)12-10-3-1-2-4-13(9)10/h1-4,8,14H,5-7H2. The van der Waals surface area contributed by atoms with Gasteiger partial charge in [0.05, 0.1) is 30.8 Å². The summed E-state index contributed by atoms with van der Waals surface area (Å²) in [7, 11) is 0. The number of hydrogen-bond donors (Lipinski definition) is 1. The third-order valence-corrected chi connectivity index (χ3v) is 3.78. The molecule has 0 aromatic carbocycles. The first-order valence-corrected chi connectivity index (χ1v) is 6.07. The minimum absolute atomic E-state index is 0.0150. The molecule has 84 valence electrons. The molecule has 0 unspecified atom stereocenters. The van der Waals surface area contributed by atoms with E-state index in [2.05, 4.69) is 4.98 Å². The lowest BCUT2D eigenvalue weighted by atomic mass is 10.4. The number of ether oxygens (including phenoxy) is 1. The van der Waals surface area contributed by atoms with Crippen molar-refractivity contribution in [3.8, 4) is 0 Å². The maximum atomic E-state index is 9.40. The Morgan fingerprint density at radius 2 is 2.38 bits per heavy atom. The van der Waals surface area contributed by atoms with Crippen LogP contribution in [0, 0.1) is 0 Å². The van der Waals surface area contributed by atoms with Gasteiger partial charge in [-0.05, 0) is 12.1 Å². The topological polar surface area (TPSA) is 46.8 Å². The lowest BCUT2D eigenvalue weighted by Crippen LogP contribution is -2.30. The highest BCUT2D eigenvalue weighted by Gasteiger charge is 2.23. The molecule has 0 radical (unpaired) electrons. The largest absolute Gasteiger partial charge is 0.390 e. The molecule has 2 aromatic rings. The molecule has 0 aliphatic carbocycles. The Morgan fingerprint density at radius 3 is 3.06 bits per heavy atom.